The molecule has 130 valence electrons. The van der Waals surface area contributed by atoms with E-state index in [0.717, 1.165) is 18.7 Å². The van der Waals surface area contributed by atoms with Gasteiger partial charge < -0.3 is 10.4 Å². The van der Waals surface area contributed by atoms with Gasteiger partial charge in [0.1, 0.15) is 5.54 Å². The molecule has 0 aliphatic rings. The highest BCUT2D eigenvalue weighted by Gasteiger charge is 2.45. The van der Waals surface area contributed by atoms with E-state index in [1.54, 1.807) is 0 Å². The zero-order chi connectivity index (χ0) is 17.8. The van der Waals surface area contributed by atoms with E-state index in [1.165, 1.54) is 16.8 Å². The lowest BCUT2D eigenvalue weighted by Crippen LogP contribution is -2.57. The van der Waals surface area contributed by atoms with Crippen LogP contribution in [0.5, 0.6) is 0 Å². The van der Waals surface area contributed by atoms with E-state index in [2.05, 4.69) is 9.68 Å². The normalized spacial score (nSPS) is 14.3. The number of nitrogens with one attached hydrogen (secondary N) is 1. The second kappa shape index (κ2) is 7.06. The molecule has 1 rings (SSSR count). The maximum atomic E-state index is 12.2. The topological polar surface area (TPSA) is 114 Å². The van der Waals surface area contributed by atoms with Crippen LogP contribution >= 0.6 is 11.8 Å². The van der Waals surface area contributed by atoms with E-state index in [-0.39, 0.29) is 18.1 Å². The minimum absolute atomic E-state index is 0.141. The van der Waals surface area contributed by atoms with Crippen molar-refractivity contribution in [3.05, 3.63) is 16.4 Å². The number of carbonyl (C=O) groups is 2. The number of aliphatic carboxylic acids is 1. The standard InChI is InChI=1S/C11H14F3N3O5S/c1-6-16-22-9(21)17(6)3-4-23-5-10(2,8(19)20)15-7(18)11(12,13)14/h3-5H2,1-2H3,(H,15,18)(H,19,20)/t10-/m0/s1. The van der Waals surface area contributed by atoms with Crippen molar-refractivity contribution in [2.75, 3.05) is 11.5 Å². The SMILES string of the molecule is Cc1noc(=O)n1CCSC[C@](C)(NC(=O)C(F)(F)F)C(=O)O. The predicted molar refractivity (Wildman–Crippen MR) is 73.1 cm³/mol. The molecular weight excluding hydrogens is 343 g/mol. The number of carboxylic acids is 1. The molecule has 0 spiro atoms. The van der Waals surface area contributed by atoms with E-state index in [9.17, 15) is 27.6 Å². The summed E-state index contributed by atoms with van der Waals surface area (Å²) in [6, 6.07) is 0. The number of carboxylic acid groups (broad SMARTS) is 1. The van der Waals surface area contributed by atoms with E-state index in [1.807, 2.05) is 0 Å². The summed E-state index contributed by atoms with van der Waals surface area (Å²) in [6.07, 6.45) is -5.17. The zero-order valence-electron chi connectivity index (χ0n) is 12.1. The number of amides is 1. The first-order valence-corrected chi connectivity index (χ1v) is 7.36. The van der Waals surface area contributed by atoms with Gasteiger partial charge >= 0.3 is 23.8 Å². The van der Waals surface area contributed by atoms with E-state index < -0.39 is 29.3 Å². The van der Waals surface area contributed by atoms with Gasteiger partial charge in [0, 0.05) is 18.1 Å². The van der Waals surface area contributed by atoms with Crippen LogP contribution in [0.4, 0.5) is 13.2 Å². The van der Waals surface area contributed by atoms with Crippen LogP contribution in [0.25, 0.3) is 0 Å². The molecule has 1 amide bonds. The van der Waals surface area contributed by atoms with E-state index in [4.69, 9.17) is 5.11 Å². The number of carbonyl (C=O) groups excluding carboxylic acids is 1. The zero-order valence-corrected chi connectivity index (χ0v) is 13.0. The number of hydrogen-bond donors (Lipinski definition) is 2. The van der Waals surface area contributed by atoms with Crippen molar-refractivity contribution >= 4 is 23.6 Å². The summed E-state index contributed by atoms with van der Waals surface area (Å²) in [7, 11) is 0. The van der Waals surface area contributed by atoms with E-state index >= 15 is 0 Å². The summed E-state index contributed by atoms with van der Waals surface area (Å²) in [5.41, 5.74) is -2.09. The second-order valence-corrected chi connectivity index (χ2v) is 5.89. The smallest absolute Gasteiger partial charge is 0.471 e. The highest BCUT2D eigenvalue weighted by Crippen LogP contribution is 2.19. The minimum Gasteiger partial charge on any atom is -0.479 e. The van der Waals surface area contributed by atoms with Gasteiger partial charge in [0.15, 0.2) is 5.82 Å². The van der Waals surface area contributed by atoms with Gasteiger partial charge in [-0.1, -0.05) is 5.16 Å². The molecule has 23 heavy (non-hydrogen) atoms. The average molecular weight is 357 g/mol. The Morgan fingerprint density at radius 3 is 2.48 bits per heavy atom. The fourth-order valence-electron chi connectivity index (χ4n) is 1.49. The van der Waals surface area contributed by atoms with Crippen molar-refractivity contribution in [1.82, 2.24) is 15.0 Å². The number of hydrogen-bond acceptors (Lipinski definition) is 6. The van der Waals surface area contributed by atoms with Crippen LogP contribution in [0.15, 0.2) is 9.32 Å². The van der Waals surface area contributed by atoms with Gasteiger partial charge in [-0.3, -0.25) is 13.9 Å². The predicted octanol–water partition coefficient (Wildman–Crippen LogP) is 0.400. The molecule has 0 saturated heterocycles. The van der Waals surface area contributed by atoms with Gasteiger partial charge in [-0.2, -0.15) is 24.9 Å². The lowest BCUT2D eigenvalue weighted by Gasteiger charge is -2.26. The van der Waals surface area contributed by atoms with Gasteiger partial charge in [0.05, 0.1) is 0 Å². The van der Waals surface area contributed by atoms with Gasteiger partial charge in [-0.15, -0.1) is 0 Å². The molecule has 12 heteroatoms. The largest absolute Gasteiger partial charge is 0.479 e. The first kappa shape index (κ1) is 19.1. The van der Waals surface area contributed by atoms with Crippen molar-refractivity contribution in [2.45, 2.75) is 32.1 Å². The summed E-state index contributed by atoms with van der Waals surface area (Å²) in [6.45, 7) is 2.64. The highest BCUT2D eigenvalue weighted by atomic mass is 32.2. The molecule has 1 heterocycles. The van der Waals surface area contributed by atoms with Crippen molar-refractivity contribution in [1.29, 1.82) is 0 Å². The van der Waals surface area contributed by atoms with Gasteiger partial charge in [-0.05, 0) is 13.8 Å². The molecule has 1 aromatic heterocycles. The molecule has 0 fully saturated rings. The quantitative estimate of drug-likeness (QED) is 0.679. The van der Waals surface area contributed by atoms with E-state index in [0.29, 0.717) is 5.82 Å². The molecule has 0 unspecified atom stereocenters. The Bertz CT molecular complexity index is 642. The maximum Gasteiger partial charge on any atom is 0.471 e. The van der Waals surface area contributed by atoms with Crippen LogP contribution in [0.2, 0.25) is 0 Å². The first-order chi connectivity index (χ1) is 10.5. The van der Waals surface area contributed by atoms with Crippen LogP contribution in [0.3, 0.4) is 0 Å². The number of aryl methyl sites for hydroxylation is 1. The molecule has 8 nitrogen and oxygen atoms in total. The second-order valence-electron chi connectivity index (χ2n) is 4.79. The summed E-state index contributed by atoms with van der Waals surface area (Å²) >= 11 is 0.965. The highest BCUT2D eigenvalue weighted by molar-refractivity contribution is 7.99. The summed E-state index contributed by atoms with van der Waals surface area (Å²) in [5, 5.41) is 13.9. The number of alkyl halides is 3. The monoisotopic (exact) mass is 357 g/mol. The van der Waals surface area contributed by atoms with Crippen LogP contribution in [0.1, 0.15) is 12.7 Å². The lowest BCUT2D eigenvalue weighted by atomic mass is 10.1. The Morgan fingerprint density at radius 1 is 1.43 bits per heavy atom. The molecule has 0 saturated carbocycles. The van der Waals surface area contributed by atoms with Crippen LogP contribution in [0, 0.1) is 6.92 Å². The first-order valence-electron chi connectivity index (χ1n) is 6.21. The molecular formula is C11H14F3N3O5S. The summed E-state index contributed by atoms with van der Waals surface area (Å²) in [4.78, 5) is 33.3. The Labute approximate surface area is 132 Å². The third kappa shape index (κ3) is 5.01. The lowest BCUT2D eigenvalue weighted by molar-refractivity contribution is -0.177. The Balaban J connectivity index is 2.62. The minimum atomic E-state index is -5.17. The Morgan fingerprint density at radius 2 is 2.04 bits per heavy atom. The molecule has 0 aliphatic carbocycles. The third-order valence-corrected chi connectivity index (χ3v) is 4.09. The number of thioether (sulfide) groups is 1. The number of nitrogens with zero attached hydrogens (tertiary/aromatic N) is 2. The number of rotatable bonds is 7. The van der Waals surface area contributed by atoms with Crippen molar-refractivity contribution < 1.29 is 32.4 Å². The van der Waals surface area contributed by atoms with Crippen LogP contribution in [-0.2, 0) is 16.1 Å². The third-order valence-electron chi connectivity index (χ3n) is 2.84. The molecule has 2 N–H and O–H groups in total. The fraction of sp³-hybridized carbons (Fsp3) is 0.636. The van der Waals surface area contributed by atoms with Gasteiger partial charge in [0.2, 0.25) is 0 Å². The van der Waals surface area contributed by atoms with Crippen LogP contribution < -0.4 is 11.1 Å². The molecule has 0 aromatic carbocycles. The van der Waals surface area contributed by atoms with Crippen molar-refractivity contribution in [3.8, 4) is 0 Å². The molecule has 1 aromatic rings. The van der Waals surface area contributed by atoms with Gasteiger partial charge in [0.25, 0.3) is 0 Å². The molecule has 0 aliphatic heterocycles. The fourth-order valence-corrected chi connectivity index (χ4v) is 2.55. The Kier molecular flexibility index (Phi) is 5.86. The molecule has 0 radical (unpaired) electrons. The maximum absolute atomic E-state index is 12.2. The Hall–Kier alpha value is -1.98. The number of aromatic nitrogens is 2. The number of halogens is 3. The molecule has 0 bridgehead atoms. The van der Waals surface area contributed by atoms with Crippen molar-refractivity contribution in [3.63, 3.8) is 0 Å². The molecule has 1 atom stereocenters. The average Bonchev–Trinajstić information content (AvgIpc) is 2.73. The summed E-state index contributed by atoms with van der Waals surface area (Å²) < 4.78 is 42.3. The van der Waals surface area contributed by atoms with Crippen molar-refractivity contribution in [2.24, 2.45) is 0 Å². The summed E-state index contributed by atoms with van der Waals surface area (Å²) in [5.74, 6) is -4.39. The van der Waals surface area contributed by atoms with Gasteiger partial charge in [-0.25, -0.2) is 9.59 Å². The van der Waals surface area contributed by atoms with Crippen LogP contribution in [-0.4, -0.2) is 49.9 Å².